The normalized spacial score (nSPS) is 18.3. The van der Waals surface area contributed by atoms with Gasteiger partial charge in [-0.15, -0.1) is 0 Å². The summed E-state index contributed by atoms with van der Waals surface area (Å²) in [6.45, 7) is 3.79. The lowest BCUT2D eigenvalue weighted by Gasteiger charge is -2.29. The topological polar surface area (TPSA) is 228 Å². The van der Waals surface area contributed by atoms with Crippen molar-refractivity contribution in [2.45, 2.75) is 76.5 Å². The number of nitrogens with two attached hydrogens (primary N) is 3. The average Bonchev–Trinajstić information content (AvgIpc) is 3.19. The van der Waals surface area contributed by atoms with Crippen LogP contribution in [-0.2, 0) is 28.8 Å². The van der Waals surface area contributed by atoms with Crippen molar-refractivity contribution in [1.82, 2.24) is 15.5 Å². The van der Waals surface area contributed by atoms with Crippen molar-refractivity contribution in [3.8, 4) is 0 Å². The Morgan fingerprint density at radius 1 is 1.00 bits per heavy atom. The minimum Gasteiger partial charge on any atom is -0.480 e. The largest absolute Gasteiger partial charge is 0.480 e. The summed E-state index contributed by atoms with van der Waals surface area (Å²) in [6, 6.07) is -4.61. The van der Waals surface area contributed by atoms with Crippen LogP contribution in [0.5, 0.6) is 0 Å². The van der Waals surface area contributed by atoms with Crippen LogP contribution < -0.4 is 27.8 Å². The third kappa shape index (κ3) is 9.04. The number of rotatable bonds is 13. The number of likely N-dealkylation sites (tertiary alicyclic amines) is 1. The summed E-state index contributed by atoms with van der Waals surface area (Å²) in [6.07, 6.45) is 0.270. The van der Waals surface area contributed by atoms with Crippen LogP contribution >= 0.6 is 0 Å². The van der Waals surface area contributed by atoms with Crippen LogP contribution in [0.2, 0.25) is 0 Å². The van der Waals surface area contributed by atoms with Gasteiger partial charge in [0.05, 0.1) is 12.5 Å². The van der Waals surface area contributed by atoms with Gasteiger partial charge in [-0.2, -0.15) is 0 Å². The van der Waals surface area contributed by atoms with Gasteiger partial charge in [-0.25, -0.2) is 4.79 Å². The molecular weight excluding hydrogens is 436 g/mol. The van der Waals surface area contributed by atoms with Crippen LogP contribution in [0.3, 0.4) is 0 Å². The smallest absolute Gasteiger partial charge is 0.326 e. The number of nitrogens with one attached hydrogen (secondary N) is 2. The van der Waals surface area contributed by atoms with Crippen LogP contribution in [0.1, 0.15) is 52.4 Å². The maximum absolute atomic E-state index is 12.9. The number of amides is 5. The highest BCUT2D eigenvalue weighted by Gasteiger charge is 2.39. The summed E-state index contributed by atoms with van der Waals surface area (Å²) in [5, 5.41) is 14.3. The number of carboxylic acid groups (broad SMARTS) is 1. The third-order valence-electron chi connectivity index (χ3n) is 5.22. The van der Waals surface area contributed by atoms with Crippen molar-refractivity contribution in [2.24, 2.45) is 23.1 Å². The molecule has 13 nitrogen and oxygen atoms in total. The molecule has 0 saturated carbocycles. The van der Waals surface area contributed by atoms with Crippen LogP contribution in [0, 0.1) is 5.92 Å². The van der Waals surface area contributed by atoms with E-state index in [1.165, 1.54) is 0 Å². The van der Waals surface area contributed by atoms with Crippen molar-refractivity contribution in [3.05, 3.63) is 0 Å². The Balaban J connectivity index is 2.97. The molecule has 5 amide bonds. The standard InChI is InChI=1S/C20H34N6O7/c1-10(2)8-12(24-17(29)11(21)5-6-15(22)27)18(30)25-13(9-16(23)28)19(31)26-7-3-4-14(26)20(32)33/h10-14H,3-9,21H2,1-2H3,(H2,22,27)(H2,23,28)(H,24,29)(H,25,30)(H,32,33). The summed E-state index contributed by atoms with van der Waals surface area (Å²) in [4.78, 5) is 73.3. The first kappa shape index (κ1) is 27.8. The Hall–Kier alpha value is -3.22. The van der Waals surface area contributed by atoms with E-state index in [4.69, 9.17) is 17.2 Å². The zero-order chi connectivity index (χ0) is 25.3. The minimum absolute atomic E-state index is 0.00843. The molecule has 1 aliphatic rings. The second-order valence-corrected chi connectivity index (χ2v) is 8.56. The maximum atomic E-state index is 12.9. The van der Waals surface area contributed by atoms with Gasteiger partial charge in [0.25, 0.3) is 0 Å². The van der Waals surface area contributed by atoms with Gasteiger partial charge in [0.1, 0.15) is 18.1 Å². The predicted octanol–water partition coefficient (Wildman–Crippen LogP) is -2.45. The second-order valence-electron chi connectivity index (χ2n) is 8.56. The van der Waals surface area contributed by atoms with Gasteiger partial charge >= 0.3 is 5.97 Å². The first-order valence-corrected chi connectivity index (χ1v) is 10.8. The van der Waals surface area contributed by atoms with Gasteiger partial charge in [0, 0.05) is 13.0 Å². The van der Waals surface area contributed by atoms with Crippen LogP contribution in [-0.4, -0.2) is 76.2 Å². The summed E-state index contributed by atoms with van der Waals surface area (Å²) in [7, 11) is 0. The van der Waals surface area contributed by atoms with Gasteiger partial charge in [-0.3, -0.25) is 24.0 Å². The Labute approximate surface area is 191 Å². The van der Waals surface area contributed by atoms with E-state index in [2.05, 4.69) is 10.6 Å². The first-order valence-electron chi connectivity index (χ1n) is 10.8. The fourth-order valence-corrected chi connectivity index (χ4v) is 3.57. The SMILES string of the molecule is CC(C)CC(NC(=O)C(N)CCC(N)=O)C(=O)NC(CC(N)=O)C(=O)N1CCCC1C(=O)O. The van der Waals surface area contributed by atoms with Crippen molar-refractivity contribution in [3.63, 3.8) is 0 Å². The molecule has 1 saturated heterocycles. The van der Waals surface area contributed by atoms with Crippen molar-refractivity contribution < 1.29 is 33.9 Å². The summed E-state index contributed by atoms with van der Waals surface area (Å²) in [5.74, 6) is -4.87. The van der Waals surface area contributed by atoms with E-state index in [1.54, 1.807) is 0 Å². The predicted molar refractivity (Wildman–Crippen MR) is 116 cm³/mol. The molecule has 4 unspecified atom stereocenters. The number of hydrogen-bond donors (Lipinski definition) is 6. The average molecular weight is 471 g/mol. The van der Waals surface area contributed by atoms with Crippen molar-refractivity contribution >= 4 is 35.5 Å². The van der Waals surface area contributed by atoms with E-state index >= 15 is 0 Å². The highest BCUT2D eigenvalue weighted by molar-refractivity contribution is 5.96. The number of nitrogens with zero attached hydrogens (tertiary/aromatic N) is 1. The Morgan fingerprint density at radius 2 is 1.61 bits per heavy atom. The molecule has 13 heteroatoms. The monoisotopic (exact) mass is 470 g/mol. The second kappa shape index (κ2) is 12.7. The van der Waals surface area contributed by atoms with E-state index < -0.39 is 66.1 Å². The van der Waals surface area contributed by atoms with Gasteiger partial charge in [-0.1, -0.05) is 13.8 Å². The Morgan fingerprint density at radius 3 is 2.12 bits per heavy atom. The molecule has 4 atom stereocenters. The number of aliphatic carboxylic acids is 1. The molecule has 0 bridgehead atoms. The maximum Gasteiger partial charge on any atom is 0.326 e. The quantitative estimate of drug-likeness (QED) is 0.169. The lowest BCUT2D eigenvalue weighted by Crippen LogP contribution is -2.58. The van der Waals surface area contributed by atoms with Gasteiger partial charge in [0.2, 0.25) is 29.5 Å². The molecule has 1 fully saturated rings. The number of carbonyl (C=O) groups is 6. The molecule has 186 valence electrons. The molecule has 33 heavy (non-hydrogen) atoms. The molecule has 0 aromatic carbocycles. The molecular formula is C20H34N6O7. The van der Waals surface area contributed by atoms with Crippen LogP contribution in [0.4, 0.5) is 0 Å². The summed E-state index contributed by atoms with van der Waals surface area (Å²) in [5.41, 5.74) is 16.0. The third-order valence-corrected chi connectivity index (χ3v) is 5.22. The van der Waals surface area contributed by atoms with Gasteiger partial charge in [0.15, 0.2) is 0 Å². The molecule has 0 aliphatic carbocycles. The summed E-state index contributed by atoms with van der Waals surface area (Å²) >= 11 is 0. The molecule has 0 radical (unpaired) electrons. The minimum atomic E-state index is -1.38. The molecule has 1 rings (SSSR count). The highest BCUT2D eigenvalue weighted by Crippen LogP contribution is 2.19. The van der Waals surface area contributed by atoms with Crippen molar-refractivity contribution in [2.75, 3.05) is 6.54 Å². The Kier molecular flexibility index (Phi) is 10.7. The van der Waals surface area contributed by atoms with E-state index in [0.29, 0.717) is 6.42 Å². The molecule has 0 aromatic rings. The van der Waals surface area contributed by atoms with E-state index in [1.807, 2.05) is 13.8 Å². The van der Waals surface area contributed by atoms with E-state index in [-0.39, 0.29) is 38.1 Å². The van der Waals surface area contributed by atoms with E-state index in [9.17, 15) is 33.9 Å². The van der Waals surface area contributed by atoms with Crippen LogP contribution in [0.15, 0.2) is 0 Å². The fourth-order valence-electron chi connectivity index (χ4n) is 3.57. The fraction of sp³-hybridized carbons (Fsp3) is 0.700. The number of carboxylic acids is 1. The summed E-state index contributed by atoms with van der Waals surface area (Å²) < 4.78 is 0. The molecule has 1 heterocycles. The van der Waals surface area contributed by atoms with Gasteiger partial charge < -0.3 is 37.8 Å². The Bertz CT molecular complexity index is 772. The number of carbonyl (C=O) groups excluding carboxylic acids is 5. The lowest BCUT2D eigenvalue weighted by molar-refractivity contribution is -0.149. The highest BCUT2D eigenvalue weighted by atomic mass is 16.4. The molecule has 9 N–H and O–H groups in total. The zero-order valence-electron chi connectivity index (χ0n) is 18.9. The first-order chi connectivity index (χ1) is 15.3. The molecule has 1 aliphatic heterocycles. The van der Waals surface area contributed by atoms with Gasteiger partial charge in [-0.05, 0) is 31.6 Å². The molecule has 0 spiro atoms. The van der Waals surface area contributed by atoms with E-state index in [0.717, 1.165) is 4.90 Å². The zero-order valence-corrected chi connectivity index (χ0v) is 18.9. The lowest BCUT2D eigenvalue weighted by atomic mass is 10.0. The number of hydrogen-bond acceptors (Lipinski definition) is 7. The van der Waals surface area contributed by atoms with Crippen molar-refractivity contribution in [1.29, 1.82) is 0 Å². The molecule has 0 aromatic heterocycles. The number of primary amides is 2. The van der Waals surface area contributed by atoms with Crippen LogP contribution in [0.25, 0.3) is 0 Å².